The van der Waals surface area contributed by atoms with E-state index in [-0.39, 0.29) is 12.0 Å². The topological polar surface area (TPSA) is 59.9 Å². The summed E-state index contributed by atoms with van der Waals surface area (Å²) < 4.78 is 11.0. The van der Waals surface area contributed by atoms with Gasteiger partial charge in [-0.25, -0.2) is 5.43 Å². The second kappa shape index (κ2) is 8.52. The fourth-order valence-corrected chi connectivity index (χ4v) is 2.39. The molecule has 5 heteroatoms. The van der Waals surface area contributed by atoms with E-state index in [9.17, 15) is 4.79 Å². The summed E-state index contributed by atoms with van der Waals surface area (Å²) in [6.45, 7) is 9.85. The van der Waals surface area contributed by atoms with Crippen LogP contribution in [0.25, 0.3) is 0 Å². The lowest BCUT2D eigenvalue weighted by molar-refractivity contribution is 0.0954. The van der Waals surface area contributed by atoms with E-state index in [0.717, 1.165) is 11.3 Å². The van der Waals surface area contributed by atoms with Gasteiger partial charge in [0.15, 0.2) is 11.5 Å². The maximum atomic E-state index is 12.4. The molecule has 0 atom stereocenters. The minimum atomic E-state index is -0.303. The Balaban J connectivity index is 2.15. The number of nitrogens with zero attached hydrogens (tertiary/aromatic N) is 1. The number of benzene rings is 2. The quantitative estimate of drug-likeness (QED) is 0.623. The predicted octanol–water partition coefficient (Wildman–Crippen LogP) is 4.25. The van der Waals surface area contributed by atoms with Crippen LogP contribution in [0.1, 0.15) is 47.8 Å². The van der Waals surface area contributed by atoms with Crippen molar-refractivity contribution in [2.24, 2.45) is 5.10 Å². The lowest BCUT2D eigenvalue weighted by Gasteiger charge is -2.14. The molecule has 0 fully saturated rings. The Morgan fingerprint density at radius 2 is 1.69 bits per heavy atom. The summed E-state index contributed by atoms with van der Waals surface area (Å²) in [4.78, 5) is 12.4. The molecule has 0 heterocycles. The van der Waals surface area contributed by atoms with E-state index in [4.69, 9.17) is 9.47 Å². The molecule has 138 valence electrons. The Hall–Kier alpha value is -2.82. The highest BCUT2D eigenvalue weighted by Gasteiger charge is 2.12. The van der Waals surface area contributed by atoms with Crippen molar-refractivity contribution >= 4 is 11.6 Å². The normalized spacial score (nSPS) is 11.4. The van der Waals surface area contributed by atoms with Crippen LogP contribution in [0.15, 0.2) is 41.5 Å². The minimum absolute atomic E-state index is 0.0220. The van der Waals surface area contributed by atoms with Crippen molar-refractivity contribution in [1.82, 2.24) is 5.43 Å². The summed E-state index contributed by atoms with van der Waals surface area (Å²) in [5, 5.41) is 4.21. The molecule has 2 aromatic rings. The number of hydrogen-bond donors (Lipinski definition) is 1. The number of aryl methyl sites for hydroxylation is 2. The highest BCUT2D eigenvalue weighted by atomic mass is 16.5. The van der Waals surface area contributed by atoms with Crippen molar-refractivity contribution < 1.29 is 14.3 Å². The summed E-state index contributed by atoms with van der Waals surface area (Å²) >= 11 is 0. The van der Waals surface area contributed by atoms with Gasteiger partial charge in [0.1, 0.15) is 0 Å². The summed E-state index contributed by atoms with van der Waals surface area (Å²) in [6.07, 6.45) is 0.0220. The van der Waals surface area contributed by atoms with Gasteiger partial charge in [-0.1, -0.05) is 12.1 Å². The Bertz CT molecular complexity index is 826. The smallest absolute Gasteiger partial charge is 0.271 e. The first-order valence-electron chi connectivity index (χ1n) is 8.58. The molecule has 0 aliphatic rings. The third kappa shape index (κ3) is 4.85. The van der Waals surface area contributed by atoms with Crippen LogP contribution in [0.3, 0.4) is 0 Å². The summed E-state index contributed by atoms with van der Waals surface area (Å²) in [5.41, 5.74) is 7.18. The first kappa shape index (κ1) is 19.5. The molecule has 2 aromatic carbocycles. The molecule has 0 saturated heterocycles. The van der Waals surface area contributed by atoms with Gasteiger partial charge in [0.25, 0.3) is 5.91 Å². The molecule has 0 aliphatic carbocycles. The molecule has 0 aromatic heterocycles. The second-order valence-electron chi connectivity index (χ2n) is 6.47. The van der Waals surface area contributed by atoms with Crippen LogP contribution in [-0.2, 0) is 0 Å². The van der Waals surface area contributed by atoms with Gasteiger partial charge in [-0.05, 0) is 75.6 Å². The standard InChI is InChI=1S/C21H26N2O3/c1-13(2)26-19-10-9-18(12-20(19)25-6)21(24)23-22-16(5)17-8-7-14(3)15(4)11-17/h7-13H,1-6H3,(H,23,24)/b22-16-. The fraction of sp³-hybridized carbons (Fsp3) is 0.333. The van der Waals surface area contributed by atoms with Crippen molar-refractivity contribution in [2.75, 3.05) is 7.11 Å². The zero-order chi connectivity index (χ0) is 19.3. The molecule has 1 amide bonds. The third-order valence-corrected chi connectivity index (χ3v) is 4.04. The average molecular weight is 354 g/mol. The van der Waals surface area contributed by atoms with Crippen molar-refractivity contribution in [3.05, 3.63) is 58.7 Å². The lowest BCUT2D eigenvalue weighted by atomic mass is 10.0. The number of amides is 1. The first-order valence-corrected chi connectivity index (χ1v) is 8.58. The van der Waals surface area contributed by atoms with E-state index >= 15 is 0 Å². The molecule has 0 unspecified atom stereocenters. The van der Waals surface area contributed by atoms with Gasteiger partial charge >= 0.3 is 0 Å². The van der Waals surface area contributed by atoms with Crippen molar-refractivity contribution in [3.63, 3.8) is 0 Å². The van der Waals surface area contributed by atoms with Crippen molar-refractivity contribution in [3.8, 4) is 11.5 Å². The first-order chi connectivity index (χ1) is 12.3. The molecular weight excluding hydrogens is 328 g/mol. The molecule has 0 spiro atoms. The fourth-order valence-electron chi connectivity index (χ4n) is 2.39. The Morgan fingerprint density at radius 1 is 1.00 bits per heavy atom. The molecule has 0 aliphatic heterocycles. The number of carbonyl (C=O) groups is 1. The highest BCUT2D eigenvalue weighted by Crippen LogP contribution is 2.28. The van der Waals surface area contributed by atoms with Crippen molar-refractivity contribution in [2.45, 2.75) is 40.7 Å². The van der Waals surface area contributed by atoms with Gasteiger partial charge in [-0.3, -0.25) is 4.79 Å². The van der Waals surface area contributed by atoms with Crippen molar-refractivity contribution in [1.29, 1.82) is 0 Å². The molecule has 0 radical (unpaired) electrons. The Morgan fingerprint density at radius 3 is 2.31 bits per heavy atom. The van der Waals surface area contributed by atoms with E-state index in [2.05, 4.69) is 30.4 Å². The SMILES string of the molecule is COc1cc(C(=O)N/N=C(/C)c2ccc(C)c(C)c2)ccc1OC(C)C. The monoisotopic (exact) mass is 354 g/mol. The maximum absolute atomic E-state index is 12.4. The number of rotatable bonds is 6. The zero-order valence-electron chi connectivity index (χ0n) is 16.2. The van der Waals surface area contributed by atoms with Gasteiger partial charge in [-0.2, -0.15) is 5.10 Å². The molecule has 0 bridgehead atoms. The summed E-state index contributed by atoms with van der Waals surface area (Å²) in [6, 6.07) is 11.2. The van der Waals surface area contributed by atoms with Gasteiger partial charge in [0, 0.05) is 5.56 Å². The third-order valence-electron chi connectivity index (χ3n) is 4.04. The molecule has 0 saturated carbocycles. The number of nitrogens with one attached hydrogen (secondary N) is 1. The lowest BCUT2D eigenvalue weighted by Crippen LogP contribution is -2.19. The number of ether oxygens (including phenoxy) is 2. The van der Waals surface area contributed by atoms with Crippen LogP contribution < -0.4 is 14.9 Å². The highest BCUT2D eigenvalue weighted by molar-refractivity contribution is 6.01. The Kier molecular flexibility index (Phi) is 6.39. The molecule has 5 nitrogen and oxygen atoms in total. The van der Waals surface area contributed by atoms with E-state index < -0.39 is 0 Å². The number of methoxy groups -OCH3 is 1. The summed E-state index contributed by atoms with van der Waals surface area (Å²) in [5.74, 6) is 0.817. The molecule has 26 heavy (non-hydrogen) atoms. The molecule has 2 rings (SSSR count). The Labute approximate surface area is 155 Å². The number of hydrogen-bond acceptors (Lipinski definition) is 4. The second-order valence-corrected chi connectivity index (χ2v) is 6.47. The van der Waals surface area contributed by atoms with Gasteiger partial charge in [-0.15, -0.1) is 0 Å². The minimum Gasteiger partial charge on any atom is -0.493 e. The van der Waals surface area contributed by atoms with Crippen LogP contribution in [0.4, 0.5) is 0 Å². The number of hydrazone groups is 1. The van der Waals surface area contributed by atoms with Crippen LogP contribution in [0.5, 0.6) is 11.5 Å². The maximum Gasteiger partial charge on any atom is 0.271 e. The van der Waals surface area contributed by atoms with Gasteiger partial charge < -0.3 is 9.47 Å². The average Bonchev–Trinajstić information content (AvgIpc) is 2.61. The van der Waals surface area contributed by atoms with E-state index in [1.165, 1.54) is 11.1 Å². The van der Waals surface area contributed by atoms with Crippen LogP contribution in [-0.4, -0.2) is 24.8 Å². The van der Waals surface area contributed by atoms with Crippen LogP contribution in [0, 0.1) is 13.8 Å². The van der Waals surface area contributed by atoms with Gasteiger partial charge in [0.05, 0.1) is 18.9 Å². The predicted molar refractivity (Wildman–Crippen MR) is 104 cm³/mol. The largest absolute Gasteiger partial charge is 0.493 e. The van der Waals surface area contributed by atoms with Crippen LogP contribution >= 0.6 is 0 Å². The molecule has 1 N–H and O–H groups in total. The summed E-state index contributed by atoms with van der Waals surface area (Å²) in [7, 11) is 1.55. The number of carbonyl (C=O) groups excluding carboxylic acids is 1. The van der Waals surface area contributed by atoms with Crippen LogP contribution in [0.2, 0.25) is 0 Å². The van der Waals surface area contributed by atoms with E-state index in [1.54, 1.807) is 25.3 Å². The molecular formula is C21H26N2O3. The van der Waals surface area contributed by atoms with E-state index in [0.29, 0.717) is 17.1 Å². The van der Waals surface area contributed by atoms with E-state index in [1.807, 2.05) is 32.9 Å². The zero-order valence-corrected chi connectivity index (χ0v) is 16.2. The van der Waals surface area contributed by atoms with Gasteiger partial charge in [0.2, 0.25) is 0 Å².